The number of anilines is 1. The van der Waals surface area contributed by atoms with Crippen LogP contribution in [0.4, 0.5) is 9.93 Å². The third kappa shape index (κ3) is 3.61. The molecular weight excluding hydrogens is 360 g/mol. The molecule has 7 nitrogen and oxygen atoms in total. The number of hydrogen-bond donors (Lipinski definition) is 2. The molecule has 2 N–H and O–H groups in total. The summed E-state index contributed by atoms with van der Waals surface area (Å²) in [6.07, 6.45) is 8.59. The van der Waals surface area contributed by atoms with Crippen molar-refractivity contribution in [2.24, 2.45) is 0 Å². The highest BCUT2D eigenvalue weighted by Crippen LogP contribution is 2.38. The minimum atomic E-state index is -0.270. The zero-order valence-electron chi connectivity index (χ0n) is 14.5. The van der Waals surface area contributed by atoms with E-state index in [4.69, 9.17) is 0 Å². The lowest BCUT2D eigenvalue weighted by molar-refractivity contribution is 0.252. The lowest BCUT2D eigenvalue weighted by Crippen LogP contribution is -2.28. The highest BCUT2D eigenvalue weighted by Gasteiger charge is 2.14. The lowest BCUT2D eigenvalue weighted by Gasteiger charge is -2.06. The maximum atomic E-state index is 11.8. The fourth-order valence-corrected chi connectivity index (χ4v) is 3.72. The minimum absolute atomic E-state index is 0.270. The number of aromatic nitrogens is 4. The molecule has 0 fully saturated rings. The Hall–Kier alpha value is -3.39. The molecule has 0 aliphatic heterocycles. The van der Waals surface area contributed by atoms with E-state index in [-0.39, 0.29) is 6.03 Å². The maximum absolute atomic E-state index is 11.8. The Kier molecular flexibility index (Phi) is 4.71. The molecule has 134 valence electrons. The number of hydrogen-bond acceptors (Lipinski definition) is 6. The molecular formula is C19H16N6OS. The van der Waals surface area contributed by atoms with Crippen LogP contribution in [0.3, 0.4) is 0 Å². The number of nitrogens with zero attached hydrogens (tertiary/aromatic N) is 4. The van der Waals surface area contributed by atoms with E-state index in [9.17, 15) is 4.79 Å². The quantitative estimate of drug-likeness (QED) is 0.562. The largest absolute Gasteiger partial charge is 0.338 e. The van der Waals surface area contributed by atoms with Crippen molar-refractivity contribution in [1.82, 2.24) is 25.3 Å². The van der Waals surface area contributed by atoms with Gasteiger partial charge < -0.3 is 5.32 Å². The number of fused-ring (bicyclic) bond motifs is 1. The van der Waals surface area contributed by atoms with Crippen LogP contribution in [0.5, 0.6) is 0 Å². The van der Waals surface area contributed by atoms with Crippen LogP contribution < -0.4 is 10.6 Å². The van der Waals surface area contributed by atoms with Gasteiger partial charge in [0.25, 0.3) is 0 Å². The summed E-state index contributed by atoms with van der Waals surface area (Å²) >= 11 is 1.42. The summed E-state index contributed by atoms with van der Waals surface area (Å²) in [5.74, 6) is 0. The van der Waals surface area contributed by atoms with Crippen molar-refractivity contribution >= 4 is 32.7 Å². The molecule has 1 aromatic carbocycles. The van der Waals surface area contributed by atoms with Crippen molar-refractivity contribution in [3.05, 3.63) is 55.4 Å². The number of rotatable bonds is 4. The van der Waals surface area contributed by atoms with Gasteiger partial charge in [-0.15, -0.1) is 0 Å². The summed E-state index contributed by atoms with van der Waals surface area (Å²) in [4.78, 5) is 28.9. The second-order valence-electron chi connectivity index (χ2n) is 5.74. The number of nitrogens with one attached hydrogen (secondary N) is 2. The first kappa shape index (κ1) is 17.0. The number of pyridine rings is 1. The summed E-state index contributed by atoms with van der Waals surface area (Å²) in [7, 11) is 0. The highest BCUT2D eigenvalue weighted by molar-refractivity contribution is 7.22. The molecule has 0 unspecified atom stereocenters. The van der Waals surface area contributed by atoms with E-state index in [1.165, 1.54) is 17.7 Å². The van der Waals surface area contributed by atoms with Gasteiger partial charge >= 0.3 is 6.03 Å². The molecule has 0 aliphatic carbocycles. The molecule has 4 rings (SSSR count). The third-order valence-corrected chi connectivity index (χ3v) is 4.93. The average molecular weight is 376 g/mol. The molecule has 8 heteroatoms. The molecule has 4 aromatic rings. The normalized spacial score (nSPS) is 10.7. The van der Waals surface area contributed by atoms with Crippen LogP contribution in [-0.4, -0.2) is 32.5 Å². The molecule has 0 saturated heterocycles. The van der Waals surface area contributed by atoms with Crippen molar-refractivity contribution in [1.29, 1.82) is 0 Å². The number of carbonyl (C=O) groups excluding carboxylic acids is 1. The molecule has 0 bridgehead atoms. The van der Waals surface area contributed by atoms with Crippen molar-refractivity contribution in [2.75, 3.05) is 11.9 Å². The number of amides is 2. The fraction of sp³-hybridized carbons (Fsp3) is 0.105. The predicted molar refractivity (Wildman–Crippen MR) is 107 cm³/mol. The van der Waals surface area contributed by atoms with Gasteiger partial charge in [0.15, 0.2) is 5.13 Å². The van der Waals surface area contributed by atoms with E-state index in [0.29, 0.717) is 11.7 Å². The molecule has 27 heavy (non-hydrogen) atoms. The van der Waals surface area contributed by atoms with Gasteiger partial charge in [-0.05, 0) is 30.7 Å². The van der Waals surface area contributed by atoms with Gasteiger partial charge in [-0.3, -0.25) is 10.3 Å². The topological polar surface area (TPSA) is 92.7 Å². The van der Waals surface area contributed by atoms with Crippen LogP contribution in [0.25, 0.3) is 32.5 Å². The van der Waals surface area contributed by atoms with E-state index in [2.05, 4.69) is 36.6 Å². The molecule has 3 heterocycles. The van der Waals surface area contributed by atoms with Crippen molar-refractivity contribution < 1.29 is 4.79 Å². The van der Waals surface area contributed by atoms with Gasteiger partial charge in [0.1, 0.15) is 6.33 Å². The van der Waals surface area contributed by atoms with Crippen LogP contribution in [0.2, 0.25) is 0 Å². The Bertz CT molecular complexity index is 1080. The summed E-state index contributed by atoms with van der Waals surface area (Å²) < 4.78 is 0.962. The van der Waals surface area contributed by atoms with Crippen LogP contribution in [0.15, 0.2) is 55.4 Å². The van der Waals surface area contributed by atoms with E-state index in [0.717, 1.165) is 32.5 Å². The molecule has 0 atom stereocenters. The monoisotopic (exact) mass is 376 g/mol. The van der Waals surface area contributed by atoms with Gasteiger partial charge in [-0.1, -0.05) is 17.4 Å². The minimum Gasteiger partial charge on any atom is -0.338 e. The second kappa shape index (κ2) is 7.46. The first-order valence-corrected chi connectivity index (χ1v) is 9.21. The van der Waals surface area contributed by atoms with E-state index < -0.39 is 0 Å². The number of thiazole rings is 1. The van der Waals surface area contributed by atoms with Crippen LogP contribution in [-0.2, 0) is 0 Å². The summed E-state index contributed by atoms with van der Waals surface area (Å²) in [6.45, 7) is 2.42. The highest BCUT2D eigenvalue weighted by atomic mass is 32.1. The van der Waals surface area contributed by atoms with Crippen molar-refractivity contribution in [3.63, 3.8) is 0 Å². The summed E-state index contributed by atoms with van der Waals surface area (Å²) in [5, 5.41) is 6.03. The van der Waals surface area contributed by atoms with Gasteiger partial charge in [0.2, 0.25) is 0 Å². The van der Waals surface area contributed by atoms with Gasteiger partial charge in [-0.2, -0.15) is 0 Å². The number of carbonyl (C=O) groups is 1. The first-order valence-electron chi connectivity index (χ1n) is 8.40. The smallest absolute Gasteiger partial charge is 0.321 e. The molecule has 0 aliphatic rings. The Morgan fingerprint density at radius 2 is 1.89 bits per heavy atom. The lowest BCUT2D eigenvalue weighted by atomic mass is 10.0. The maximum Gasteiger partial charge on any atom is 0.321 e. The average Bonchev–Trinajstić information content (AvgIpc) is 3.11. The van der Waals surface area contributed by atoms with Crippen LogP contribution >= 0.6 is 11.3 Å². The Balaban J connectivity index is 1.86. The first-order chi connectivity index (χ1) is 13.2. The molecule has 3 aromatic heterocycles. The fourth-order valence-electron chi connectivity index (χ4n) is 2.74. The van der Waals surface area contributed by atoms with Crippen molar-refractivity contribution in [3.8, 4) is 22.3 Å². The van der Waals surface area contributed by atoms with E-state index >= 15 is 0 Å². The SMILES string of the molecule is CCNC(=O)Nc1nc2cc(-c3cccnc3)cc(-c3cncnc3)c2s1. The number of benzene rings is 1. The zero-order valence-corrected chi connectivity index (χ0v) is 15.3. The van der Waals surface area contributed by atoms with Crippen LogP contribution in [0.1, 0.15) is 6.92 Å². The Morgan fingerprint density at radius 1 is 1.07 bits per heavy atom. The van der Waals surface area contributed by atoms with Crippen molar-refractivity contribution in [2.45, 2.75) is 6.92 Å². The summed E-state index contributed by atoms with van der Waals surface area (Å²) in [5.41, 5.74) is 4.63. The van der Waals surface area contributed by atoms with E-state index in [1.807, 2.05) is 31.3 Å². The Morgan fingerprint density at radius 3 is 2.63 bits per heavy atom. The third-order valence-electron chi connectivity index (χ3n) is 3.91. The van der Waals surface area contributed by atoms with E-state index in [1.54, 1.807) is 18.6 Å². The second-order valence-corrected chi connectivity index (χ2v) is 6.74. The molecule has 2 amide bonds. The molecule has 0 radical (unpaired) electrons. The van der Waals surface area contributed by atoms with Gasteiger partial charge in [-0.25, -0.2) is 19.7 Å². The number of urea groups is 1. The zero-order chi connectivity index (χ0) is 18.6. The molecule has 0 saturated carbocycles. The predicted octanol–water partition coefficient (Wildman–Crippen LogP) is 3.96. The standard InChI is InChI=1S/C19H16N6OS/c1-2-23-18(26)25-19-24-16-7-13(12-4-3-5-20-8-12)6-15(17(16)27-19)14-9-21-11-22-10-14/h3-11H,2H2,1H3,(H2,23,24,25,26). The molecule has 0 spiro atoms. The summed E-state index contributed by atoms with van der Waals surface area (Å²) in [6, 6.07) is 7.70. The van der Waals surface area contributed by atoms with Crippen LogP contribution in [0, 0.1) is 0 Å². The van der Waals surface area contributed by atoms with Gasteiger partial charge in [0.05, 0.1) is 10.2 Å². The Labute approximate surface area is 159 Å². The van der Waals surface area contributed by atoms with Gasteiger partial charge in [0, 0.05) is 48.0 Å².